The van der Waals surface area contributed by atoms with Crippen molar-refractivity contribution in [3.05, 3.63) is 16.7 Å². The minimum absolute atomic E-state index is 0.0282. The number of likely N-dealkylation sites (tertiary alicyclic amines) is 1. The fraction of sp³-hybridized carbons (Fsp3) is 0.571. The average Bonchev–Trinajstić information content (AvgIpc) is 2.49. The number of hydrogen-bond acceptors (Lipinski definition) is 5. The fourth-order valence-corrected chi connectivity index (χ4v) is 4.21. The summed E-state index contributed by atoms with van der Waals surface area (Å²) < 4.78 is 27.4. The van der Waals surface area contributed by atoms with Gasteiger partial charge in [0.25, 0.3) is 0 Å². The Bertz CT molecular complexity index is 681. The molecule has 2 heterocycles. The van der Waals surface area contributed by atoms with E-state index in [1.54, 1.807) is 4.90 Å². The number of carbonyl (C=O) groups excluding carboxylic acids is 1. The second-order valence-electron chi connectivity index (χ2n) is 5.77. The van der Waals surface area contributed by atoms with Gasteiger partial charge in [-0.05, 0) is 40.8 Å². The Hall–Kier alpha value is -1.19. The smallest absolute Gasteiger partial charge is 0.244 e. The maximum Gasteiger partial charge on any atom is 0.244 e. The zero-order valence-corrected chi connectivity index (χ0v) is 15.4. The lowest BCUT2D eigenvalue weighted by molar-refractivity contribution is -0.132. The van der Waals surface area contributed by atoms with E-state index in [-0.39, 0.29) is 29.6 Å². The van der Waals surface area contributed by atoms with Crippen molar-refractivity contribution in [2.24, 2.45) is 5.92 Å². The summed E-state index contributed by atoms with van der Waals surface area (Å²) in [5.41, 5.74) is 5.61. The number of halogens is 1. The minimum atomic E-state index is -3.79. The number of carbonyl (C=O) groups is 1. The molecule has 1 aromatic rings. The van der Waals surface area contributed by atoms with Crippen LogP contribution in [0.1, 0.15) is 26.2 Å². The topological polar surface area (TPSA) is 105 Å². The quantitative estimate of drug-likeness (QED) is 0.770. The molecule has 128 valence electrons. The highest BCUT2D eigenvalue weighted by Gasteiger charge is 2.22. The molecular formula is C14H21BrN4O3S. The van der Waals surface area contributed by atoms with Gasteiger partial charge in [-0.3, -0.25) is 4.79 Å². The number of piperidine rings is 1. The van der Waals surface area contributed by atoms with Crippen molar-refractivity contribution < 1.29 is 13.2 Å². The van der Waals surface area contributed by atoms with Gasteiger partial charge in [-0.2, -0.15) is 0 Å². The van der Waals surface area contributed by atoms with Crippen LogP contribution < -0.4 is 10.5 Å². The lowest BCUT2D eigenvalue weighted by Crippen LogP contribution is -2.40. The maximum absolute atomic E-state index is 12.2. The molecule has 2 rings (SSSR count). The number of nitrogens with one attached hydrogen (secondary N) is 1. The lowest BCUT2D eigenvalue weighted by atomic mass is 10.0. The second kappa shape index (κ2) is 7.59. The number of hydrogen-bond donors (Lipinski definition) is 2. The van der Waals surface area contributed by atoms with E-state index in [9.17, 15) is 13.2 Å². The van der Waals surface area contributed by atoms with Gasteiger partial charge in [0.05, 0.1) is 0 Å². The number of nitrogen functional groups attached to an aromatic ring is 1. The Balaban J connectivity index is 1.92. The van der Waals surface area contributed by atoms with Crippen LogP contribution in [0.4, 0.5) is 5.82 Å². The molecule has 0 saturated carbocycles. The van der Waals surface area contributed by atoms with E-state index in [0.29, 0.717) is 10.4 Å². The van der Waals surface area contributed by atoms with Gasteiger partial charge in [0.15, 0.2) is 0 Å². The van der Waals surface area contributed by atoms with E-state index >= 15 is 0 Å². The van der Waals surface area contributed by atoms with Gasteiger partial charge in [-0.25, -0.2) is 18.1 Å². The maximum atomic E-state index is 12.2. The summed E-state index contributed by atoms with van der Waals surface area (Å²) in [7, 11) is -3.79. The molecule has 0 aliphatic carbocycles. The van der Waals surface area contributed by atoms with Crippen molar-refractivity contribution in [1.82, 2.24) is 14.6 Å². The Labute approximate surface area is 144 Å². The van der Waals surface area contributed by atoms with Gasteiger partial charge in [0.1, 0.15) is 10.7 Å². The number of nitrogens with two attached hydrogens (primary N) is 1. The van der Waals surface area contributed by atoms with Crippen molar-refractivity contribution in [3.63, 3.8) is 0 Å². The molecule has 1 atom stereocenters. The first-order valence-corrected chi connectivity index (χ1v) is 9.75. The van der Waals surface area contributed by atoms with Gasteiger partial charge in [-0.15, -0.1) is 0 Å². The first-order valence-electron chi connectivity index (χ1n) is 7.48. The van der Waals surface area contributed by atoms with E-state index in [0.717, 1.165) is 25.9 Å². The summed E-state index contributed by atoms with van der Waals surface area (Å²) >= 11 is 3.17. The third-order valence-electron chi connectivity index (χ3n) is 3.78. The first kappa shape index (κ1) is 18.2. The molecule has 1 unspecified atom stereocenters. The molecule has 9 heteroatoms. The Kier molecular flexibility index (Phi) is 5.99. The van der Waals surface area contributed by atoms with Crippen molar-refractivity contribution >= 4 is 37.7 Å². The molecule has 0 spiro atoms. The highest BCUT2D eigenvalue weighted by molar-refractivity contribution is 9.10. The van der Waals surface area contributed by atoms with Gasteiger partial charge < -0.3 is 10.6 Å². The van der Waals surface area contributed by atoms with Crippen LogP contribution in [0.25, 0.3) is 0 Å². The standard InChI is InChI=1S/C14H21BrN4O3S/c1-10-3-2-6-19(9-10)13(20)4-5-18-23(21,22)12-7-11(15)8-17-14(12)16/h7-8,10,18H,2-6,9H2,1H3,(H2,16,17). The van der Waals surface area contributed by atoms with Crippen LogP contribution >= 0.6 is 15.9 Å². The summed E-state index contributed by atoms with van der Waals surface area (Å²) in [5.74, 6) is 0.397. The largest absolute Gasteiger partial charge is 0.383 e. The highest BCUT2D eigenvalue weighted by Crippen LogP contribution is 2.20. The molecule has 1 aliphatic heterocycles. The minimum Gasteiger partial charge on any atom is -0.383 e. The summed E-state index contributed by atoms with van der Waals surface area (Å²) in [4.78, 5) is 17.7. The van der Waals surface area contributed by atoms with Gasteiger partial charge >= 0.3 is 0 Å². The summed E-state index contributed by atoms with van der Waals surface area (Å²) in [6.45, 7) is 3.65. The monoisotopic (exact) mass is 404 g/mol. The number of anilines is 1. The van der Waals surface area contributed by atoms with E-state index in [1.165, 1.54) is 12.3 Å². The van der Waals surface area contributed by atoms with Crippen LogP contribution in [0.5, 0.6) is 0 Å². The molecule has 23 heavy (non-hydrogen) atoms. The second-order valence-corrected chi connectivity index (χ2v) is 8.42. The summed E-state index contributed by atoms with van der Waals surface area (Å²) in [6.07, 6.45) is 3.69. The molecule has 0 bridgehead atoms. The Morgan fingerprint density at radius 1 is 1.57 bits per heavy atom. The van der Waals surface area contributed by atoms with Crippen LogP contribution in [0.15, 0.2) is 21.6 Å². The van der Waals surface area contributed by atoms with Crippen molar-refractivity contribution in [3.8, 4) is 0 Å². The van der Waals surface area contributed by atoms with Crippen LogP contribution in [-0.4, -0.2) is 43.8 Å². The first-order chi connectivity index (χ1) is 10.8. The molecule has 3 N–H and O–H groups in total. The van der Waals surface area contributed by atoms with Crippen LogP contribution in [0.2, 0.25) is 0 Å². The molecule has 0 radical (unpaired) electrons. The molecular weight excluding hydrogens is 384 g/mol. The summed E-state index contributed by atoms with van der Waals surface area (Å²) in [5, 5.41) is 0. The molecule has 1 saturated heterocycles. The lowest BCUT2D eigenvalue weighted by Gasteiger charge is -2.31. The van der Waals surface area contributed by atoms with E-state index in [1.807, 2.05) is 0 Å². The number of amides is 1. The van der Waals surface area contributed by atoms with E-state index in [2.05, 4.69) is 32.6 Å². The zero-order valence-electron chi connectivity index (χ0n) is 13.0. The normalized spacial score (nSPS) is 18.9. The Morgan fingerprint density at radius 2 is 2.30 bits per heavy atom. The third kappa shape index (κ3) is 4.89. The highest BCUT2D eigenvalue weighted by atomic mass is 79.9. The predicted octanol–water partition coefficient (Wildman–Crippen LogP) is 1.35. The van der Waals surface area contributed by atoms with Gasteiger partial charge in [0, 0.05) is 36.7 Å². The number of nitrogens with zero attached hydrogens (tertiary/aromatic N) is 2. The van der Waals surface area contributed by atoms with Crippen LogP contribution in [-0.2, 0) is 14.8 Å². The van der Waals surface area contributed by atoms with Crippen LogP contribution in [0.3, 0.4) is 0 Å². The molecule has 1 fully saturated rings. The SMILES string of the molecule is CC1CCCN(C(=O)CCNS(=O)(=O)c2cc(Br)cnc2N)C1. The molecule has 1 aliphatic rings. The van der Waals surface area contributed by atoms with E-state index < -0.39 is 10.0 Å². The van der Waals surface area contributed by atoms with Crippen molar-refractivity contribution in [2.45, 2.75) is 31.1 Å². The fourth-order valence-electron chi connectivity index (χ4n) is 2.59. The average molecular weight is 405 g/mol. The number of rotatable bonds is 5. The number of pyridine rings is 1. The Morgan fingerprint density at radius 3 is 3.00 bits per heavy atom. The van der Waals surface area contributed by atoms with Crippen LogP contribution in [0, 0.1) is 5.92 Å². The van der Waals surface area contributed by atoms with Crippen molar-refractivity contribution in [2.75, 3.05) is 25.4 Å². The summed E-state index contributed by atoms with van der Waals surface area (Å²) in [6, 6.07) is 1.39. The van der Waals surface area contributed by atoms with Crippen molar-refractivity contribution in [1.29, 1.82) is 0 Å². The van der Waals surface area contributed by atoms with Gasteiger partial charge in [-0.1, -0.05) is 6.92 Å². The molecule has 0 aromatic carbocycles. The van der Waals surface area contributed by atoms with Gasteiger partial charge in [0.2, 0.25) is 15.9 Å². The predicted molar refractivity (Wildman–Crippen MR) is 91.1 cm³/mol. The van der Waals surface area contributed by atoms with E-state index in [4.69, 9.17) is 5.73 Å². The molecule has 7 nitrogen and oxygen atoms in total. The number of aromatic nitrogens is 1. The third-order valence-corrected chi connectivity index (χ3v) is 5.70. The molecule has 1 amide bonds. The zero-order chi connectivity index (χ0) is 17.0. The number of sulfonamides is 1. The molecule has 1 aromatic heterocycles.